The zero-order valence-electron chi connectivity index (χ0n) is 18.4. The van der Waals surface area contributed by atoms with Crippen molar-refractivity contribution in [2.24, 2.45) is 23.2 Å². The minimum Gasteiger partial charge on any atom is -0.497 e. The van der Waals surface area contributed by atoms with Crippen LogP contribution in [0.3, 0.4) is 0 Å². The molecule has 162 valence electrons. The lowest BCUT2D eigenvalue weighted by molar-refractivity contribution is -0.0461. The molecule has 6 rings (SSSR count). The predicted octanol–water partition coefficient (Wildman–Crippen LogP) is 5.80. The summed E-state index contributed by atoms with van der Waals surface area (Å²) in [5.41, 5.74) is 4.07. The molecule has 6 atom stereocenters. The van der Waals surface area contributed by atoms with Gasteiger partial charge in [-0.1, -0.05) is 31.2 Å². The number of anilines is 1. The summed E-state index contributed by atoms with van der Waals surface area (Å²) in [6.45, 7) is 3.19. The number of aryl methyl sites for hydroxylation is 1. The van der Waals surface area contributed by atoms with Gasteiger partial charge < -0.3 is 9.47 Å². The molecule has 0 bridgehead atoms. The number of fused-ring (bicyclic) bond motifs is 7. The highest BCUT2D eigenvalue weighted by Crippen LogP contribution is 2.63. The number of amides is 1. The summed E-state index contributed by atoms with van der Waals surface area (Å²) in [6.07, 6.45) is 5.77. The topological polar surface area (TPSA) is 38.8 Å². The number of methoxy groups -OCH3 is 1. The maximum absolute atomic E-state index is 13.0. The SMILES string of the molecule is COc1ccc2c(c1)CC[C@@H]1[C@@H]2CC[C@]2(C)[C@@H]3OC(=O)N(c4ccccc4)C[C@@H]3C[C@@H]12. The summed E-state index contributed by atoms with van der Waals surface area (Å²) < 4.78 is 11.7. The van der Waals surface area contributed by atoms with Gasteiger partial charge in [-0.2, -0.15) is 0 Å². The highest BCUT2D eigenvalue weighted by Gasteiger charge is 2.61. The quantitative estimate of drug-likeness (QED) is 0.620. The van der Waals surface area contributed by atoms with E-state index >= 15 is 0 Å². The van der Waals surface area contributed by atoms with Crippen LogP contribution in [0.5, 0.6) is 5.75 Å². The highest BCUT2D eigenvalue weighted by atomic mass is 16.6. The molecule has 0 radical (unpaired) electrons. The first-order valence-electron chi connectivity index (χ1n) is 11.8. The Kier molecular flexibility index (Phi) is 4.35. The molecule has 4 aliphatic rings. The smallest absolute Gasteiger partial charge is 0.414 e. The van der Waals surface area contributed by atoms with Crippen LogP contribution in [0.1, 0.15) is 49.7 Å². The van der Waals surface area contributed by atoms with Crippen molar-refractivity contribution in [1.82, 2.24) is 0 Å². The van der Waals surface area contributed by atoms with Gasteiger partial charge in [0.15, 0.2) is 0 Å². The van der Waals surface area contributed by atoms with Crippen LogP contribution in [0, 0.1) is 23.2 Å². The van der Waals surface area contributed by atoms with Crippen molar-refractivity contribution in [1.29, 1.82) is 0 Å². The van der Waals surface area contributed by atoms with Crippen molar-refractivity contribution in [3.05, 3.63) is 59.7 Å². The van der Waals surface area contributed by atoms with Crippen LogP contribution < -0.4 is 9.64 Å². The van der Waals surface area contributed by atoms with E-state index in [0.29, 0.717) is 23.7 Å². The second kappa shape index (κ2) is 7.01. The molecule has 1 amide bonds. The molecule has 0 spiro atoms. The third kappa shape index (κ3) is 2.83. The monoisotopic (exact) mass is 417 g/mol. The van der Waals surface area contributed by atoms with Crippen molar-refractivity contribution in [3.63, 3.8) is 0 Å². The van der Waals surface area contributed by atoms with Gasteiger partial charge in [0.2, 0.25) is 0 Å². The van der Waals surface area contributed by atoms with E-state index in [-0.39, 0.29) is 17.6 Å². The van der Waals surface area contributed by atoms with Crippen molar-refractivity contribution < 1.29 is 14.3 Å². The highest BCUT2D eigenvalue weighted by molar-refractivity contribution is 5.88. The largest absolute Gasteiger partial charge is 0.497 e. The fraction of sp³-hybridized carbons (Fsp3) is 0.519. The third-order valence-corrected chi connectivity index (χ3v) is 8.94. The molecule has 1 heterocycles. The van der Waals surface area contributed by atoms with E-state index < -0.39 is 0 Å². The molecule has 4 heteroatoms. The number of hydrogen-bond acceptors (Lipinski definition) is 3. The van der Waals surface area contributed by atoms with Crippen LogP contribution in [-0.4, -0.2) is 25.9 Å². The van der Waals surface area contributed by atoms with Gasteiger partial charge in [0.1, 0.15) is 11.9 Å². The number of carbonyl (C=O) groups is 1. The number of nitrogens with zero attached hydrogens (tertiary/aromatic N) is 1. The van der Waals surface area contributed by atoms with Crippen molar-refractivity contribution >= 4 is 11.8 Å². The summed E-state index contributed by atoms with van der Waals surface area (Å²) in [6, 6.07) is 16.7. The Hall–Kier alpha value is -2.49. The second-order valence-electron chi connectivity index (χ2n) is 10.3. The zero-order chi connectivity index (χ0) is 21.2. The first kappa shape index (κ1) is 19.2. The Morgan fingerprint density at radius 1 is 1.13 bits per heavy atom. The molecule has 2 saturated carbocycles. The molecule has 31 heavy (non-hydrogen) atoms. The number of ether oxygens (including phenoxy) is 2. The molecule has 0 N–H and O–H groups in total. The molecular formula is C27H31NO3. The lowest BCUT2D eigenvalue weighted by Crippen LogP contribution is -2.52. The Morgan fingerprint density at radius 2 is 1.97 bits per heavy atom. The van der Waals surface area contributed by atoms with Gasteiger partial charge in [0.25, 0.3) is 0 Å². The van der Waals surface area contributed by atoms with Crippen LogP contribution in [0.4, 0.5) is 10.5 Å². The van der Waals surface area contributed by atoms with Crippen LogP contribution in [-0.2, 0) is 11.2 Å². The van der Waals surface area contributed by atoms with Gasteiger partial charge in [-0.05, 0) is 85.3 Å². The number of para-hydroxylation sites is 1. The fourth-order valence-corrected chi connectivity index (χ4v) is 7.52. The Balaban J connectivity index is 1.29. The molecule has 3 fully saturated rings. The van der Waals surface area contributed by atoms with E-state index in [0.717, 1.165) is 30.8 Å². The molecule has 2 aromatic carbocycles. The summed E-state index contributed by atoms with van der Waals surface area (Å²) in [4.78, 5) is 14.8. The summed E-state index contributed by atoms with van der Waals surface area (Å²) >= 11 is 0. The molecule has 1 saturated heterocycles. The minimum atomic E-state index is -0.169. The van der Waals surface area contributed by atoms with Gasteiger partial charge in [-0.3, -0.25) is 4.90 Å². The van der Waals surface area contributed by atoms with E-state index in [1.807, 2.05) is 35.2 Å². The fourth-order valence-electron chi connectivity index (χ4n) is 7.52. The molecule has 1 aliphatic heterocycles. The maximum atomic E-state index is 13.0. The van der Waals surface area contributed by atoms with Crippen LogP contribution in [0.2, 0.25) is 0 Å². The molecule has 4 nitrogen and oxygen atoms in total. The van der Waals surface area contributed by atoms with Crippen molar-refractivity contribution in [3.8, 4) is 5.75 Å². The first-order chi connectivity index (χ1) is 15.1. The molecule has 0 unspecified atom stereocenters. The Labute approximate surface area is 184 Å². The van der Waals surface area contributed by atoms with E-state index in [1.54, 1.807) is 7.11 Å². The molecule has 3 aliphatic carbocycles. The number of carbonyl (C=O) groups excluding carboxylic acids is 1. The van der Waals surface area contributed by atoms with Gasteiger partial charge in [-0.25, -0.2) is 4.79 Å². The number of rotatable bonds is 2. The second-order valence-corrected chi connectivity index (χ2v) is 10.3. The Morgan fingerprint density at radius 3 is 2.77 bits per heavy atom. The van der Waals surface area contributed by atoms with Gasteiger partial charge in [0, 0.05) is 23.6 Å². The third-order valence-electron chi connectivity index (χ3n) is 8.94. The molecular weight excluding hydrogens is 386 g/mol. The van der Waals surface area contributed by atoms with Crippen molar-refractivity contribution in [2.45, 2.75) is 51.0 Å². The zero-order valence-corrected chi connectivity index (χ0v) is 18.4. The standard InChI is InChI=1S/C27H31NO3/c1-27-13-12-22-21-11-9-20(30-2)14-17(21)8-10-23(22)24(27)15-18-16-28(26(29)31-25(18)27)19-6-4-3-5-7-19/h3-7,9,11,14,18,22-25H,8,10,12-13,15-16H2,1-2H3/t18-,22+,23+,24-,25+,27-/m0/s1. The lowest BCUT2D eigenvalue weighted by Gasteiger charge is -2.51. The summed E-state index contributed by atoms with van der Waals surface area (Å²) in [7, 11) is 1.75. The minimum absolute atomic E-state index is 0.0585. The van der Waals surface area contributed by atoms with E-state index in [4.69, 9.17) is 9.47 Å². The lowest BCUT2D eigenvalue weighted by atomic mass is 9.55. The molecule has 2 aromatic rings. The van der Waals surface area contributed by atoms with Crippen LogP contribution in [0.25, 0.3) is 0 Å². The number of benzene rings is 2. The van der Waals surface area contributed by atoms with E-state index in [1.165, 1.54) is 30.4 Å². The van der Waals surface area contributed by atoms with Gasteiger partial charge in [-0.15, -0.1) is 0 Å². The average Bonchev–Trinajstić information content (AvgIpc) is 3.10. The number of hydrogen-bond donors (Lipinski definition) is 0. The Bertz CT molecular complexity index is 1000. The van der Waals surface area contributed by atoms with Crippen LogP contribution in [0.15, 0.2) is 48.5 Å². The van der Waals surface area contributed by atoms with Gasteiger partial charge in [0.05, 0.1) is 7.11 Å². The average molecular weight is 418 g/mol. The van der Waals surface area contributed by atoms with E-state index in [9.17, 15) is 4.79 Å². The normalized spacial score (nSPS) is 36.0. The maximum Gasteiger partial charge on any atom is 0.414 e. The van der Waals surface area contributed by atoms with Crippen molar-refractivity contribution in [2.75, 3.05) is 18.6 Å². The molecule has 0 aromatic heterocycles. The predicted molar refractivity (Wildman–Crippen MR) is 121 cm³/mol. The first-order valence-corrected chi connectivity index (χ1v) is 11.8. The van der Waals surface area contributed by atoms with Crippen LogP contribution >= 0.6 is 0 Å². The summed E-state index contributed by atoms with van der Waals surface area (Å²) in [5.74, 6) is 3.34. The van der Waals surface area contributed by atoms with E-state index in [2.05, 4.69) is 25.1 Å². The van der Waals surface area contributed by atoms with Gasteiger partial charge >= 0.3 is 6.09 Å². The summed E-state index contributed by atoms with van der Waals surface area (Å²) in [5, 5.41) is 0.